The Morgan fingerprint density at radius 2 is 1.20 bits per heavy atom. The second-order valence-electron chi connectivity index (χ2n) is 7.63. The molecule has 0 unspecified atom stereocenters. The third-order valence-electron chi connectivity index (χ3n) is 5.28. The van der Waals surface area contributed by atoms with Gasteiger partial charge in [0.2, 0.25) is 0 Å². The van der Waals surface area contributed by atoms with Crippen LogP contribution in [0.15, 0.2) is 0 Å². The number of nitrogens with two attached hydrogens (primary N) is 2. The predicted octanol–water partition coefficient (Wildman–Crippen LogP) is 4.01. The van der Waals surface area contributed by atoms with Crippen molar-refractivity contribution in [1.29, 1.82) is 0 Å². The minimum absolute atomic E-state index is 0. The third kappa shape index (κ3) is 7.80. The Balaban J connectivity index is 0.000000281. The molecule has 10 heteroatoms. The van der Waals surface area contributed by atoms with Crippen LogP contribution in [0.3, 0.4) is 0 Å². The smallest absolute Gasteiger partial charge is 0.180 e. The molecule has 2 heterocycles. The Kier molecular flexibility index (Phi) is 12.5. The maximum absolute atomic E-state index is 5.69. The molecule has 30 heavy (non-hydrogen) atoms. The van der Waals surface area contributed by atoms with E-state index in [1.165, 1.54) is 46.8 Å². The summed E-state index contributed by atoms with van der Waals surface area (Å²) >= 11 is 3.31. The van der Waals surface area contributed by atoms with Crippen LogP contribution >= 0.6 is 47.5 Å². The van der Waals surface area contributed by atoms with E-state index in [0.717, 1.165) is 49.0 Å². The highest BCUT2D eigenvalue weighted by Crippen LogP contribution is 2.28. The van der Waals surface area contributed by atoms with Gasteiger partial charge in [0.05, 0.1) is 11.4 Å². The van der Waals surface area contributed by atoms with Crippen LogP contribution in [0.25, 0.3) is 0 Å². The fraction of sp³-hybridized carbons (Fsp3) is 0.700. The topological polar surface area (TPSA) is 102 Å². The van der Waals surface area contributed by atoms with E-state index in [1.807, 2.05) is 0 Å². The number of hydrogen-bond acceptors (Lipinski definition) is 8. The monoisotopic (exact) mass is 494 g/mol. The molecule has 0 bridgehead atoms. The lowest BCUT2D eigenvalue weighted by Gasteiger charge is -2.21. The van der Waals surface area contributed by atoms with E-state index in [2.05, 4.69) is 34.4 Å². The van der Waals surface area contributed by atoms with Gasteiger partial charge < -0.3 is 22.1 Å². The van der Waals surface area contributed by atoms with Gasteiger partial charge in [0, 0.05) is 21.8 Å². The molecule has 2 aliphatic carbocycles. The van der Waals surface area contributed by atoms with Gasteiger partial charge in [-0.3, -0.25) is 0 Å². The largest absolute Gasteiger partial charge is 0.375 e. The van der Waals surface area contributed by atoms with Crippen molar-refractivity contribution >= 4 is 57.8 Å². The normalized spacial score (nSPS) is 19.4. The SMILES string of the molecule is CCCN[C@H]1CCc2nc(N)sc2C1.CCCN[C@H]1CCc2nc(N)sc2C1.Cl.Cl. The van der Waals surface area contributed by atoms with Gasteiger partial charge in [-0.2, -0.15) is 0 Å². The van der Waals surface area contributed by atoms with Crippen molar-refractivity contribution in [2.75, 3.05) is 24.6 Å². The second kappa shape index (κ2) is 13.7. The Labute approximate surface area is 200 Å². The fourth-order valence-corrected chi connectivity index (χ4v) is 5.75. The number of halogens is 2. The number of thiazole rings is 2. The number of anilines is 2. The molecule has 0 aliphatic heterocycles. The standard InChI is InChI=1S/2C10H17N3S.2ClH/c2*1-2-5-12-7-3-4-8-9(6-7)14-10(11)13-8;;/h2*7,12H,2-6H2,1H3,(H2,11,13);2*1H/t2*7-;;/m00../s1. The summed E-state index contributed by atoms with van der Waals surface area (Å²) in [6.45, 7) is 6.64. The molecule has 0 saturated heterocycles. The molecular formula is C20H36Cl2N6S2. The molecule has 2 aliphatic rings. The Hall–Kier alpha value is -0.640. The maximum atomic E-state index is 5.69. The predicted molar refractivity (Wildman–Crippen MR) is 136 cm³/mol. The summed E-state index contributed by atoms with van der Waals surface area (Å²) in [6.07, 6.45) is 9.22. The van der Waals surface area contributed by atoms with Crippen molar-refractivity contribution in [2.24, 2.45) is 0 Å². The number of hydrogen-bond donors (Lipinski definition) is 4. The van der Waals surface area contributed by atoms with Crippen LogP contribution in [-0.4, -0.2) is 35.1 Å². The van der Waals surface area contributed by atoms with Crippen LogP contribution in [0.2, 0.25) is 0 Å². The summed E-state index contributed by atoms with van der Waals surface area (Å²) in [6, 6.07) is 1.28. The summed E-state index contributed by atoms with van der Waals surface area (Å²) in [4.78, 5) is 11.5. The first-order valence-electron chi connectivity index (χ1n) is 10.5. The quantitative estimate of drug-likeness (QED) is 0.483. The molecule has 2 aromatic heterocycles. The molecule has 0 saturated carbocycles. The molecule has 172 valence electrons. The third-order valence-corrected chi connectivity index (χ3v) is 7.18. The lowest BCUT2D eigenvalue weighted by molar-refractivity contribution is 0.460. The fourth-order valence-electron chi connectivity index (χ4n) is 3.84. The summed E-state index contributed by atoms with van der Waals surface area (Å²) in [7, 11) is 0. The van der Waals surface area contributed by atoms with Gasteiger partial charge >= 0.3 is 0 Å². The molecular weight excluding hydrogens is 459 g/mol. The van der Waals surface area contributed by atoms with Crippen molar-refractivity contribution in [3.05, 3.63) is 21.1 Å². The molecule has 2 atom stereocenters. The number of nitrogens with zero attached hydrogens (tertiary/aromatic N) is 2. The Bertz CT molecular complexity index is 689. The summed E-state index contributed by atoms with van der Waals surface area (Å²) < 4.78 is 0. The minimum Gasteiger partial charge on any atom is -0.375 e. The highest BCUT2D eigenvalue weighted by Gasteiger charge is 2.22. The molecule has 0 amide bonds. The van der Waals surface area contributed by atoms with Gasteiger partial charge in [-0.25, -0.2) is 9.97 Å². The first-order valence-corrected chi connectivity index (χ1v) is 12.2. The zero-order valence-electron chi connectivity index (χ0n) is 17.9. The molecule has 0 spiro atoms. The molecule has 6 N–H and O–H groups in total. The second-order valence-corrected chi connectivity index (χ2v) is 9.86. The lowest BCUT2D eigenvalue weighted by Crippen LogP contribution is -2.34. The van der Waals surface area contributed by atoms with E-state index >= 15 is 0 Å². The van der Waals surface area contributed by atoms with E-state index < -0.39 is 0 Å². The summed E-state index contributed by atoms with van der Waals surface area (Å²) in [5.41, 5.74) is 13.9. The van der Waals surface area contributed by atoms with E-state index in [-0.39, 0.29) is 24.8 Å². The van der Waals surface area contributed by atoms with Crippen LogP contribution in [0.4, 0.5) is 10.3 Å². The summed E-state index contributed by atoms with van der Waals surface area (Å²) in [5.74, 6) is 0. The minimum atomic E-state index is 0. The van der Waals surface area contributed by atoms with Crippen LogP contribution in [0, 0.1) is 0 Å². The van der Waals surface area contributed by atoms with Gasteiger partial charge in [0.15, 0.2) is 10.3 Å². The lowest BCUT2D eigenvalue weighted by atomic mass is 9.98. The highest BCUT2D eigenvalue weighted by molar-refractivity contribution is 7.15. The molecule has 4 rings (SSSR count). The Morgan fingerprint density at radius 1 is 0.800 bits per heavy atom. The average Bonchev–Trinajstić information content (AvgIpc) is 3.24. The molecule has 6 nitrogen and oxygen atoms in total. The van der Waals surface area contributed by atoms with Crippen molar-refractivity contribution in [2.45, 2.75) is 77.3 Å². The van der Waals surface area contributed by atoms with Gasteiger partial charge in [-0.15, -0.1) is 47.5 Å². The number of nitrogen functional groups attached to an aromatic ring is 2. The first-order chi connectivity index (χ1) is 13.6. The van der Waals surface area contributed by atoms with Gasteiger partial charge in [-0.05, 0) is 64.5 Å². The van der Waals surface area contributed by atoms with Crippen LogP contribution in [-0.2, 0) is 25.7 Å². The van der Waals surface area contributed by atoms with E-state index in [9.17, 15) is 0 Å². The van der Waals surface area contributed by atoms with Gasteiger partial charge in [0.1, 0.15) is 0 Å². The number of aromatic nitrogens is 2. The Morgan fingerprint density at radius 3 is 1.57 bits per heavy atom. The van der Waals surface area contributed by atoms with Gasteiger partial charge in [-0.1, -0.05) is 13.8 Å². The van der Waals surface area contributed by atoms with E-state index in [4.69, 9.17) is 11.5 Å². The first kappa shape index (κ1) is 27.4. The van der Waals surface area contributed by atoms with Crippen molar-refractivity contribution in [3.8, 4) is 0 Å². The molecule has 0 aromatic carbocycles. The van der Waals surface area contributed by atoms with E-state index in [1.54, 1.807) is 22.7 Å². The van der Waals surface area contributed by atoms with Crippen LogP contribution in [0.1, 0.15) is 60.7 Å². The van der Waals surface area contributed by atoms with Crippen LogP contribution < -0.4 is 22.1 Å². The zero-order valence-corrected chi connectivity index (χ0v) is 21.2. The van der Waals surface area contributed by atoms with Crippen molar-refractivity contribution in [1.82, 2.24) is 20.6 Å². The summed E-state index contributed by atoms with van der Waals surface area (Å²) in [5, 5.41) is 8.57. The number of fused-ring (bicyclic) bond motifs is 2. The van der Waals surface area contributed by atoms with Crippen LogP contribution in [0.5, 0.6) is 0 Å². The average molecular weight is 496 g/mol. The van der Waals surface area contributed by atoms with Gasteiger partial charge in [0.25, 0.3) is 0 Å². The van der Waals surface area contributed by atoms with Crippen molar-refractivity contribution < 1.29 is 0 Å². The zero-order chi connectivity index (χ0) is 19.9. The highest BCUT2D eigenvalue weighted by atomic mass is 35.5. The maximum Gasteiger partial charge on any atom is 0.180 e. The number of rotatable bonds is 6. The van der Waals surface area contributed by atoms with Crippen molar-refractivity contribution in [3.63, 3.8) is 0 Å². The molecule has 2 aromatic rings. The number of nitrogens with one attached hydrogen (secondary N) is 2. The molecule has 0 radical (unpaired) electrons. The van der Waals surface area contributed by atoms with E-state index in [0.29, 0.717) is 12.1 Å². The number of aryl methyl sites for hydroxylation is 2. The molecule has 0 fully saturated rings.